The van der Waals surface area contributed by atoms with Crippen LogP contribution >= 0.6 is 0 Å². The highest BCUT2D eigenvalue weighted by atomic mass is 16.3. The fraction of sp³-hybridized carbons (Fsp3) is 0.538. The summed E-state index contributed by atoms with van der Waals surface area (Å²) in [7, 11) is 0. The Morgan fingerprint density at radius 1 is 1.53 bits per heavy atom. The van der Waals surface area contributed by atoms with Crippen molar-refractivity contribution in [2.45, 2.75) is 31.9 Å². The summed E-state index contributed by atoms with van der Waals surface area (Å²) in [5.74, 6) is 0.359. The Morgan fingerprint density at radius 2 is 2.41 bits per heavy atom. The summed E-state index contributed by atoms with van der Waals surface area (Å²) in [4.78, 5) is 4.01. The molecule has 1 aromatic rings. The molecule has 1 heterocycles. The van der Waals surface area contributed by atoms with E-state index in [0.29, 0.717) is 18.2 Å². The first-order valence-electron chi connectivity index (χ1n) is 6.04. The van der Waals surface area contributed by atoms with Crippen LogP contribution in [0.15, 0.2) is 18.3 Å². The molecule has 0 amide bonds. The molecular formula is C13H17N3O. The van der Waals surface area contributed by atoms with E-state index < -0.39 is 0 Å². The molecule has 90 valence electrons. The summed E-state index contributed by atoms with van der Waals surface area (Å²) >= 11 is 0. The van der Waals surface area contributed by atoms with E-state index in [1.807, 2.05) is 12.1 Å². The monoisotopic (exact) mass is 231 g/mol. The second-order valence-corrected chi connectivity index (χ2v) is 4.51. The molecule has 2 rings (SSSR count). The number of hydrogen-bond donors (Lipinski definition) is 2. The van der Waals surface area contributed by atoms with Crippen LogP contribution in [0.25, 0.3) is 0 Å². The van der Waals surface area contributed by atoms with Gasteiger partial charge in [0.15, 0.2) is 0 Å². The number of rotatable bonds is 4. The maximum Gasteiger partial charge on any atom is 0.144 e. The Kier molecular flexibility index (Phi) is 4.08. The van der Waals surface area contributed by atoms with Crippen LogP contribution in [0.2, 0.25) is 0 Å². The fourth-order valence-corrected chi connectivity index (χ4v) is 2.33. The second-order valence-electron chi connectivity index (χ2n) is 4.51. The van der Waals surface area contributed by atoms with E-state index in [9.17, 15) is 5.11 Å². The molecule has 1 saturated carbocycles. The summed E-state index contributed by atoms with van der Waals surface area (Å²) in [6.45, 7) is 1.45. The zero-order valence-corrected chi connectivity index (χ0v) is 9.76. The Morgan fingerprint density at radius 3 is 3.12 bits per heavy atom. The second kappa shape index (κ2) is 5.76. The largest absolute Gasteiger partial charge is 0.393 e. The summed E-state index contributed by atoms with van der Waals surface area (Å²) in [5, 5.41) is 21.9. The van der Waals surface area contributed by atoms with Gasteiger partial charge < -0.3 is 10.4 Å². The van der Waals surface area contributed by atoms with Gasteiger partial charge in [-0.25, -0.2) is 4.98 Å². The van der Waals surface area contributed by atoms with Gasteiger partial charge in [-0.1, -0.05) is 12.5 Å². The van der Waals surface area contributed by atoms with Gasteiger partial charge in [0.2, 0.25) is 0 Å². The van der Waals surface area contributed by atoms with Crippen LogP contribution in [0.3, 0.4) is 0 Å². The molecule has 0 spiro atoms. The highest BCUT2D eigenvalue weighted by Crippen LogP contribution is 2.24. The molecule has 4 heteroatoms. The Balaban J connectivity index is 1.84. The molecule has 1 aliphatic rings. The number of aliphatic hydroxyl groups is 1. The van der Waals surface area contributed by atoms with Crippen molar-refractivity contribution < 1.29 is 5.11 Å². The molecule has 0 saturated heterocycles. The summed E-state index contributed by atoms with van der Waals surface area (Å²) in [6, 6.07) is 5.82. The van der Waals surface area contributed by atoms with E-state index >= 15 is 0 Å². The lowest BCUT2D eigenvalue weighted by Crippen LogP contribution is -2.27. The van der Waals surface area contributed by atoms with Crippen LogP contribution in [0.1, 0.15) is 30.5 Å². The average molecular weight is 231 g/mol. The van der Waals surface area contributed by atoms with Crippen LogP contribution in [-0.2, 0) is 6.54 Å². The Hall–Kier alpha value is -1.44. The van der Waals surface area contributed by atoms with Crippen molar-refractivity contribution in [1.29, 1.82) is 5.26 Å². The van der Waals surface area contributed by atoms with Crippen molar-refractivity contribution >= 4 is 0 Å². The lowest BCUT2D eigenvalue weighted by molar-refractivity contribution is 0.131. The zero-order chi connectivity index (χ0) is 12.1. The van der Waals surface area contributed by atoms with Crippen LogP contribution in [0.4, 0.5) is 0 Å². The van der Waals surface area contributed by atoms with Gasteiger partial charge in [-0.15, -0.1) is 0 Å². The Bertz CT molecular complexity index is 413. The number of pyridine rings is 1. The standard InChI is InChI=1S/C13H17N3O/c14-7-12-10(4-2-6-16-12)8-15-9-11-3-1-5-13(11)17/h2,4,6,11,13,15,17H,1,3,5,8-9H2. The molecule has 0 radical (unpaired) electrons. The molecule has 0 bridgehead atoms. The number of aromatic nitrogens is 1. The molecule has 0 aliphatic heterocycles. The zero-order valence-electron chi connectivity index (χ0n) is 9.76. The van der Waals surface area contributed by atoms with Crippen molar-refractivity contribution in [3.05, 3.63) is 29.6 Å². The maximum atomic E-state index is 9.68. The summed E-state index contributed by atoms with van der Waals surface area (Å²) in [6.07, 6.45) is 4.59. The predicted octanol–water partition coefficient (Wildman–Crippen LogP) is 1.20. The van der Waals surface area contributed by atoms with Crippen LogP contribution in [0, 0.1) is 17.2 Å². The highest BCUT2D eigenvalue weighted by molar-refractivity contribution is 5.30. The molecule has 17 heavy (non-hydrogen) atoms. The van der Waals surface area contributed by atoms with Crippen molar-refractivity contribution in [2.24, 2.45) is 5.92 Å². The number of hydrogen-bond acceptors (Lipinski definition) is 4. The third-order valence-electron chi connectivity index (χ3n) is 3.34. The molecule has 4 nitrogen and oxygen atoms in total. The van der Waals surface area contributed by atoms with E-state index in [4.69, 9.17) is 5.26 Å². The van der Waals surface area contributed by atoms with Crippen molar-refractivity contribution in [3.63, 3.8) is 0 Å². The van der Waals surface area contributed by atoms with Crippen LogP contribution in [-0.4, -0.2) is 22.7 Å². The maximum absolute atomic E-state index is 9.68. The molecule has 2 N–H and O–H groups in total. The van der Waals surface area contributed by atoms with Gasteiger partial charge in [0, 0.05) is 24.8 Å². The predicted molar refractivity (Wildman–Crippen MR) is 64.0 cm³/mol. The SMILES string of the molecule is N#Cc1ncccc1CNCC1CCCC1O. The van der Waals surface area contributed by atoms with Gasteiger partial charge in [-0.2, -0.15) is 5.26 Å². The van der Waals surface area contributed by atoms with E-state index in [1.54, 1.807) is 6.20 Å². The third kappa shape index (κ3) is 3.02. The summed E-state index contributed by atoms with van der Waals surface area (Å²) < 4.78 is 0. The van der Waals surface area contributed by atoms with E-state index in [1.165, 1.54) is 0 Å². The van der Waals surface area contributed by atoms with E-state index in [2.05, 4.69) is 16.4 Å². The first-order chi connectivity index (χ1) is 8.31. The van der Waals surface area contributed by atoms with Gasteiger partial charge in [-0.05, 0) is 24.8 Å². The first-order valence-corrected chi connectivity index (χ1v) is 6.04. The van der Waals surface area contributed by atoms with Crippen LogP contribution in [0.5, 0.6) is 0 Å². The molecule has 1 aromatic heterocycles. The van der Waals surface area contributed by atoms with Crippen molar-refractivity contribution in [1.82, 2.24) is 10.3 Å². The minimum absolute atomic E-state index is 0.160. The van der Waals surface area contributed by atoms with E-state index in [0.717, 1.165) is 31.4 Å². The van der Waals surface area contributed by atoms with Crippen molar-refractivity contribution in [3.8, 4) is 6.07 Å². The minimum atomic E-state index is -0.160. The molecule has 1 fully saturated rings. The lowest BCUT2D eigenvalue weighted by Gasteiger charge is -2.15. The number of nitriles is 1. The number of aliphatic hydroxyl groups excluding tert-OH is 1. The third-order valence-corrected chi connectivity index (χ3v) is 3.34. The normalized spacial score (nSPS) is 23.5. The lowest BCUT2D eigenvalue weighted by atomic mass is 10.1. The van der Waals surface area contributed by atoms with Gasteiger partial charge in [0.25, 0.3) is 0 Å². The molecule has 2 unspecified atom stereocenters. The molecule has 2 atom stereocenters. The highest BCUT2D eigenvalue weighted by Gasteiger charge is 2.24. The minimum Gasteiger partial charge on any atom is -0.393 e. The van der Waals surface area contributed by atoms with Gasteiger partial charge in [-0.3, -0.25) is 0 Å². The van der Waals surface area contributed by atoms with Crippen LogP contribution < -0.4 is 5.32 Å². The Labute approximate surface area is 101 Å². The van der Waals surface area contributed by atoms with Crippen molar-refractivity contribution in [2.75, 3.05) is 6.54 Å². The number of nitrogens with one attached hydrogen (secondary N) is 1. The van der Waals surface area contributed by atoms with Gasteiger partial charge in [0.05, 0.1) is 6.10 Å². The molecular weight excluding hydrogens is 214 g/mol. The quantitative estimate of drug-likeness (QED) is 0.817. The van der Waals surface area contributed by atoms with Gasteiger partial charge >= 0.3 is 0 Å². The average Bonchev–Trinajstić information content (AvgIpc) is 2.76. The summed E-state index contributed by atoms with van der Waals surface area (Å²) in [5.41, 5.74) is 1.40. The number of nitrogens with zero attached hydrogens (tertiary/aromatic N) is 2. The van der Waals surface area contributed by atoms with E-state index in [-0.39, 0.29) is 6.10 Å². The fourth-order valence-electron chi connectivity index (χ4n) is 2.33. The van der Waals surface area contributed by atoms with Gasteiger partial charge in [0.1, 0.15) is 11.8 Å². The first kappa shape index (κ1) is 12.0. The molecule has 1 aliphatic carbocycles. The smallest absolute Gasteiger partial charge is 0.144 e. The topological polar surface area (TPSA) is 68.9 Å². The molecule has 0 aromatic carbocycles.